The van der Waals surface area contributed by atoms with Gasteiger partial charge in [-0.15, -0.1) is 0 Å². The first-order chi connectivity index (χ1) is 11.7. The van der Waals surface area contributed by atoms with Crippen LogP contribution in [0.2, 0.25) is 5.02 Å². The Bertz CT molecular complexity index is 770. The molecule has 0 spiro atoms. The van der Waals surface area contributed by atoms with Crippen LogP contribution in [0.3, 0.4) is 0 Å². The Morgan fingerprint density at radius 3 is 2.92 bits per heavy atom. The number of halogens is 1. The highest BCUT2D eigenvalue weighted by atomic mass is 35.5. The van der Waals surface area contributed by atoms with Crippen LogP contribution in [0, 0.1) is 0 Å². The fourth-order valence-corrected chi connectivity index (χ4v) is 3.53. The molecule has 0 bridgehead atoms. The van der Waals surface area contributed by atoms with E-state index in [4.69, 9.17) is 11.6 Å². The molecule has 0 atom stereocenters. The molecule has 0 saturated heterocycles. The summed E-state index contributed by atoms with van der Waals surface area (Å²) in [6.07, 6.45) is 7.34. The number of carbonyl (C=O) groups excluding carboxylic acids is 2. The summed E-state index contributed by atoms with van der Waals surface area (Å²) in [4.78, 5) is 28.9. The van der Waals surface area contributed by atoms with Gasteiger partial charge in [0.25, 0.3) is 0 Å². The summed E-state index contributed by atoms with van der Waals surface area (Å²) in [7, 11) is 1.88. The zero-order valence-corrected chi connectivity index (χ0v) is 14.4. The third kappa shape index (κ3) is 3.08. The molecule has 0 aromatic carbocycles. The van der Waals surface area contributed by atoms with Crippen molar-refractivity contribution in [2.24, 2.45) is 0 Å². The smallest absolute Gasteiger partial charge is 0.155 e. The maximum absolute atomic E-state index is 11.4. The molecule has 24 heavy (non-hydrogen) atoms. The minimum Gasteiger partial charge on any atom is -0.359 e. The van der Waals surface area contributed by atoms with Gasteiger partial charge in [-0.25, -0.2) is 4.98 Å². The molecular formula is C18H20ClN3O2. The van der Waals surface area contributed by atoms with Crippen molar-refractivity contribution in [1.82, 2.24) is 9.55 Å². The van der Waals surface area contributed by atoms with Crippen LogP contribution in [-0.2, 0) is 19.4 Å². The summed E-state index contributed by atoms with van der Waals surface area (Å²) in [6.45, 7) is 1.62. The van der Waals surface area contributed by atoms with E-state index < -0.39 is 0 Å². The van der Waals surface area contributed by atoms with Gasteiger partial charge in [-0.05, 0) is 31.4 Å². The number of hydrogen-bond donors (Lipinski definition) is 0. The normalized spacial score (nSPS) is 13.4. The predicted molar refractivity (Wildman–Crippen MR) is 94.4 cm³/mol. The monoisotopic (exact) mass is 345 g/mol. The van der Waals surface area contributed by atoms with E-state index >= 15 is 0 Å². The number of rotatable bonds is 6. The number of pyridine rings is 1. The minimum absolute atomic E-state index is 0.398. The van der Waals surface area contributed by atoms with Gasteiger partial charge in [-0.3, -0.25) is 9.59 Å². The topological polar surface area (TPSA) is 55.2 Å². The molecule has 2 aromatic heterocycles. The third-order valence-electron chi connectivity index (χ3n) is 4.60. The highest BCUT2D eigenvalue weighted by Crippen LogP contribution is 2.25. The van der Waals surface area contributed by atoms with Gasteiger partial charge in [0.2, 0.25) is 0 Å². The summed E-state index contributed by atoms with van der Waals surface area (Å²) in [6, 6.07) is 3.62. The molecule has 2 aromatic rings. The van der Waals surface area contributed by atoms with E-state index in [0.717, 1.165) is 49.6 Å². The quantitative estimate of drug-likeness (QED) is 0.754. The highest BCUT2D eigenvalue weighted by Gasteiger charge is 2.19. The molecule has 0 aliphatic carbocycles. The number of hydrogen-bond acceptors (Lipinski definition) is 4. The van der Waals surface area contributed by atoms with Gasteiger partial charge in [0.05, 0.1) is 10.6 Å². The first-order valence-electron chi connectivity index (χ1n) is 8.13. The number of aryl methyl sites for hydroxylation is 1. The van der Waals surface area contributed by atoms with Gasteiger partial charge in [0, 0.05) is 49.7 Å². The largest absolute Gasteiger partial charge is 0.359 e. The molecule has 0 unspecified atom stereocenters. The second kappa shape index (κ2) is 7.18. The standard InChI is InChI=1S/C18H20ClN3O2/c1-21(18-15(12-24)16(19)5-7-20-18)9-6-17-13(11-23)10-14-4-2-3-8-22(14)17/h5,7,10-12H,2-4,6,8-9H2,1H3. The average molecular weight is 346 g/mol. The molecule has 0 radical (unpaired) electrons. The molecular weight excluding hydrogens is 326 g/mol. The van der Waals surface area contributed by atoms with E-state index in [2.05, 4.69) is 9.55 Å². The maximum atomic E-state index is 11.4. The minimum atomic E-state index is 0.398. The lowest BCUT2D eigenvalue weighted by Crippen LogP contribution is -2.24. The van der Waals surface area contributed by atoms with Crippen molar-refractivity contribution < 1.29 is 9.59 Å². The van der Waals surface area contributed by atoms with Crippen LogP contribution in [0.1, 0.15) is 44.9 Å². The van der Waals surface area contributed by atoms with Crippen molar-refractivity contribution in [1.29, 1.82) is 0 Å². The zero-order chi connectivity index (χ0) is 17.1. The highest BCUT2D eigenvalue weighted by molar-refractivity contribution is 6.33. The second-order valence-electron chi connectivity index (χ2n) is 6.08. The number of carbonyl (C=O) groups is 2. The molecule has 0 N–H and O–H groups in total. The molecule has 5 nitrogen and oxygen atoms in total. The zero-order valence-electron chi connectivity index (χ0n) is 13.7. The number of likely N-dealkylation sites (N-methyl/N-ethyl adjacent to an activating group) is 1. The molecule has 126 valence electrons. The summed E-state index contributed by atoms with van der Waals surface area (Å²) in [5.41, 5.74) is 3.49. The fraction of sp³-hybridized carbons (Fsp3) is 0.389. The van der Waals surface area contributed by atoms with E-state index in [1.165, 1.54) is 12.1 Å². The van der Waals surface area contributed by atoms with Crippen molar-refractivity contribution in [3.63, 3.8) is 0 Å². The Labute approximate surface area is 146 Å². The first kappa shape index (κ1) is 16.7. The van der Waals surface area contributed by atoms with E-state index in [1.54, 1.807) is 12.3 Å². The van der Waals surface area contributed by atoms with Crippen molar-refractivity contribution in [3.05, 3.63) is 45.9 Å². The van der Waals surface area contributed by atoms with Gasteiger partial charge < -0.3 is 9.47 Å². The Kier molecular flexibility index (Phi) is 5.00. The van der Waals surface area contributed by atoms with E-state index in [9.17, 15) is 9.59 Å². The summed E-state index contributed by atoms with van der Waals surface area (Å²) >= 11 is 6.07. The van der Waals surface area contributed by atoms with Crippen molar-refractivity contribution in [2.75, 3.05) is 18.5 Å². The lowest BCUT2D eigenvalue weighted by atomic mass is 10.1. The maximum Gasteiger partial charge on any atom is 0.155 e. The average Bonchev–Trinajstić information content (AvgIpc) is 2.97. The van der Waals surface area contributed by atoms with Gasteiger partial charge in [-0.1, -0.05) is 11.6 Å². The molecule has 0 saturated carbocycles. The number of fused-ring (bicyclic) bond motifs is 1. The van der Waals surface area contributed by atoms with Gasteiger partial charge in [-0.2, -0.15) is 0 Å². The summed E-state index contributed by atoms with van der Waals surface area (Å²) < 4.78 is 2.27. The van der Waals surface area contributed by atoms with Crippen LogP contribution in [0.4, 0.5) is 5.82 Å². The van der Waals surface area contributed by atoms with Gasteiger partial charge >= 0.3 is 0 Å². The molecule has 3 heterocycles. The number of anilines is 1. The first-order valence-corrected chi connectivity index (χ1v) is 8.50. The van der Waals surface area contributed by atoms with Crippen LogP contribution < -0.4 is 4.90 Å². The lowest BCUT2D eigenvalue weighted by Gasteiger charge is -2.22. The Morgan fingerprint density at radius 2 is 2.17 bits per heavy atom. The van der Waals surface area contributed by atoms with Crippen LogP contribution in [0.15, 0.2) is 18.3 Å². The molecule has 6 heteroatoms. The molecule has 1 aliphatic rings. The Hall–Kier alpha value is -2.14. The van der Waals surface area contributed by atoms with Crippen molar-refractivity contribution >= 4 is 30.0 Å². The van der Waals surface area contributed by atoms with Crippen LogP contribution in [0.25, 0.3) is 0 Å². The summed E-state index contributed by atoms with van der Waals surface area (Å²) in [5.74, 6) is 0.565. The van der Waals surface area contributed by atoms with Crippen LogP contribution in [0.5, 0.6) is 0 Å². The van der Waals surface area contributed by atoms with Crippen molar-refractivity contribution in [3.8, 4) is 0 Å². The van der Waals surface area contributed by atoms with Crippen molar-refractivity contribution in [2.45, 2.75) is 32.2 Å². The van der Waals surface area contributed by atoms with E-state index in [1.807, 2.05) is 18.0 Å². The number of aromatic nitrogens is 2. The van der Waals surface area contributed by atoms with Crippen LogP contribution >= 0.6 is 11.6 Å². The number of aldehydes is 2. The Balaban J connectivity index is 1.81. The Morgan fingerprint density at radius 1 is 1.33 bits per heavy atom. The molecule has 1 aliphatic heterocycles. The molecule has 3 rings (SSSR count). The lowest BCUT2D eigenvalue weighted by molar-refractivity contribution is 0.111. The van der Waals surface area contributed by atoms with Gasteiger partial charge in [0.15, 0.2) is 12.6 Å². The molecule has 0 fully saturated rings. The predicted octanol–water partition coefficient (Wildman–Crippen LogP) is 3.18. The summed E-state index contributed by atoms with van der Waals surface area (Å²) in [5, 5.41) is 0.399. The third-order valence-corrected chi connectivity index (χ3v) is 4.93. The molecule has 0 amide bonds. The second-order valence-corrected chi connectivity index (χ2v) is 6.49. The van der Waals surface area contributed by atoms with E-state index in [0.29, 0.717) is 22.9 Å². The van der Waals surface area contributed by atoms with Crippen LogP contribution in [-0.4, -0.2) is 35.7 Å². The van der Waals surface area contributed by atoms with E-state index in [-0.39, 0.29) is 0 Å². The fourth-order valence-electron chi connectivity index (χ4n) is 3.35. The SMILES string of the molecule is CN(CCc1c(C=O)cc2n1CCCC2)c1nccc(Cl)c1C=O. The number of nitrogens with zero attached hydrogens (tertiary/aromatic N) is 3. The van der Waals surface area contributed by atoms with Gasteiger partial charge in [0.1, 0.15) is 5.82 Å².